The van der Waals surface area contributed by atoms with Gasteiger partial charge in [-0.1, -0.05) is 0 Å². The summed E-state index contributed by atoms with van der Waals surface area (Å²) in [6, 6.07) is 8.81. The van der Waals surface area contributed by atoms with Crippen molar-refractivity contribution < 1.29 is 18.7 Å². The molecule has 1 unspecified atom stereocenters. The third-order valence-electron chi connectivity index (χ3n) is 4.82. The molecule has 1 aromatic carbocycles. The lowest BCUT2D eigenvalue weighted by Gasteiger charge is -2.17. The van der Waals surface area contributed by atoms with Crippen LogP contribution in [0.5, 0.6) is 11.5 Å². The number of aromatic nitrogens is 3. The van der Waals surface area contributed by atoms with E-state index in [0.717, 1.165) is 12.0 Å². The summed E-state index contributed by atoms with van der Waals surface area (Å²) in [4.78, 5) is 18.7. The van der Waals surface area contributed by atoms with Crippen molar-refractivity contribution >= 4 is 5.91 Å². The molecular weight excluding hydrogens is 360 g/mol. The average molecular weight is 380 g/mol. The fraction of sp³-hybridized carbons (Fsp3) is 0.300. The van der Waals surface area contributed by atoms with Crippen LogP contribution in [-0.4, -0.2) is 53.3 Å². The molecule has 1 aliphatic rings. The molecule has 1 atom stereocenters. The zero-order valence-corrected chi connectivity index (χ0v) is 15.7. The van der Waals surface area contributed by atoms with Crippen LogP contribution in [0.1, 0.15) is 28.6 Å². The molecule has 1 aliphatic heterocycles. The minimum Gasteiger partial charge on any atom is -0.493 e. The zero-order chi connectivity index (χ0) is 19.5. The number of carbonyl (C=O) groups excluding carboxylic acids is 1. The van der Waals surface area contributed by atoms with Crippen LogP contribution in [0, 0.1) is 0 Å². The second-order valence-corrected chi connectivity index (χ2v) is 6.49. The van der Waals surface area contributed by atoms with Crippen molar-refractivity contribution in [3.8, 4) is 23.0 Å². The summed E-state index contributed by atoms with van der Waals surface area (Å²) >= 11 is 0. The molecule has 8 nitrogen and oxygen atoms in total. The number of methoxy groups -OCH3 is 2. The number of hydrogen-bond acceptors (Lipinski definition) is 7. The van der Waals surface area contributed by atoms with Gasteiger partial charge in [-0.15, -0.1) is 10.2 Å². The number of likely N-dealkylation sites (tertiary alicyclic amines) is 1. The van der Waals surface area contributed by atoms with E-state index in [1.807, 2.05) is 12.1 Å². The van der Waals surface area contributed by atoms with Crippen molar-refractivity contribution in [2.24, 2.45) is 0 Å². The van der Waals surface area contributed by atoms with Crippen molar-refractivity contribution in [3.05, 3.63) is 54.2 Å². The molecule has 1 saturated heterocycles. The first-order valence-electron chi connectivity index (χ1n) is 8.94. The van der Waals surface area contributed by atoms with Gasteiger partial charge in [0, 0.05) is 36.6 Å². The van der Waals surface area contributed by atoms with Crippen LogP contribution in [-0.2, 0) is 0 Å². The van der Waals surface area contributed by atoms with Crippen LogP contribution in [0.25, 0.3) is 11.5 Å². The monoisotopic (exact) mass is 380 g/mol. The number of ether oxygens (including phenoxy) is 2. The highest BCUT2D eigenvalue weighted by Crippen LogP contribution is 2.31. The van der Waals surface area contributed by atoms with Gasteiger partial charge in [-0.05, 0) is 36.8 Å². The zero-order valence-electron chi connectivity index (χ0n) is 15.7. The second-order valence-electron chi connectivity index (χ2n) is 6.49. The number of benzene rings is 1. The Morgan fingerprint density at radius 1 is 1.11 bits per heavy atom. The third-order valence-corrected chi connectivity index (χ3v) is 4.82. The Hall–Kier alpha value is -3.42. The van der Waals surface area contributed by atoms with Gasteiger partial charge in [-0.3, -0.25) is 9.78 Å². The van der Waals surface area contributed by atoms with E-state index >= 15 is 0 Å². The summed E-state index contributed by atoms with van der Waals surface area (Å²) in [5, 5.41) is 8.30. The number of pyridine rings is 1. The molecule has 28 heavy (non-hydrogen) atoms. The normalized spacial score (nSPS) is 16.2. The van der Waals surface area contributed by atoms with Crippen molar-refractivity contribution in [1.82, 2.24) is 20.1 Å². The van der Waals surface area contributed by atoms with E-state index in [1.165, 1.54) is 0 Å². The largest absolute Gasteiger partial charge is 0.493 e. The van der Waals surface area contributed by atoms with E-state index in [2.05, 4.69) is 15.2 Å². The molecule has 144 valence electrons. The van der Waals surface area contributed by atoms with Gasteiger partial charge >= 0.3 is 0 Å². The maximum absolute atomic E-state index is 12.9. The molecule has 0 bridgehead atoms. The summed E-state index contributed by atoms with van der Waals surface area (Å²) in [6.45, 7) is 1.16. The third kappa shape index (κ3) is 3.40. The highest BCUT2D eigenvalue weighted by atomic mass is 16.5. The highest BCUT2D eigenvalue weighted by molar-refractivity contribution is 5.95. The minimum absolute atomic E-state index is 0.0205. The number of carbonyl (C=O) groups is 1. The van der Waals surface area contributed by atoms with Gasteiger partial charge < -0.3 is 18.8 Å². The molecule has 3 aromatic rings. The molecule has 8 heteroatoms. The molecule has 4 rings (SSSR count). The summed E-state index contributed by atoms with van der Waals surface area (Å²) in [5.41, 5.74) is 1.38. The molecule has 0 radical (unpaired) electrons. The van der Waals surface area contributed by atoms with Crippen LogP contribution in [0.4, 0.5) is 0 Å². The maximum atomic E-state index is 12.9. The molecule has 2 aromatic heterocycles. The first kappa shape index (κ1) is 18.0. The standard InChI is InChI=1S/C20H20N4O4/c1-26-16-4-3-14(11-17(16)27-2)20(25)24-10-7-15(12-24)19-23-22-18(28-19)13-5-8-21-9-6-13/h3-6,8-9,11,15H,7,10,12H2,1-2H3. The Balaban J connectivity index is 1.47. The van der Waals surface area contributed by atoms with Gasteiger partial charge in [-0.25, -0.2) is 0 Å². The van der Waals surface area contributed by atoms with Gasteiger partial charge in [-0.2, -0.15) is 0 Å². The Morgan fingerprint density at radius 2 is 1.89 bits per heavy atom. The van der Waals surface area contributed by atoms with E-state index in [4.69, 9.17) is 13.9 Å². The topological polar surface area (TPSA) is 90.6 Å². The smallest absolute Gasteiger partial charge is 0.254 e. The Kier molecular flexibility index (Phi) is 4.92. The van der Waals surface area contributed by atoms with Gasteiger partial charge in [0.05, 0.1) is 20.1 Å². The number of hydrogen-bond donors (Lipinski definition) is 0. The molecule has 0 N–H and O–H groups in total. The van der Waals surface area contributed by atoms with Crippen LogP contribution >= 0.6 is 0 Å². The molecule has 3 heterocycles. The second kappa shape index (κ2) is 7.67. The van der Waals surface area contributed by atoms with Crippen molar-refractivity contribution in [1.29, 1.82) is 0 Å². The lowest BCUT2D eigenvalue weighted by molar-refractivity contribution is 0.0789. The maximum Gasteiger partial charge on any atom is 0.254 e. The summed E-state index contributed by atoms with van der Waals surface area (Å²) < 4.78 is 16.3. The average Bonchev–Trinajstić information content (AvgIpc) is 3.43. The molecule has 0 spiro atoms. The predicted octanol–water partition coefficient (Wildman–Crippen LogP) is 2.78. The van der Waals surface area contributed by atoms with E-state index in [9.17, 15) is 4.79 Å². The van der Waals surface area contributed by atoms with Crippen LogP contribution in [0.2, 0.25) is 0 Å². The quantitative estimate of drug-likeness (QED) is 0.672. The number of amides is 1. The fourth-order valence-electron chi connectivity index (χ4n) is 3.31. The lowest BCUT2D eigenvalue weighted by atomic mass is 10.1. The Bertz CT molecular complexity index is 973. The molecule has 1 amide bonds. The summed E-state index contributed by atoms with van der Waals surface area (Å²) in [5.74, 6) is 2.09. The first-order valence-corrected chi connectivity index (χ1v) is 8.94. The summed E-state index contributed by atoms with van der Waals surface area (Å²) in [7, 11) is 3.11. The van der Waals surface area contributed by atoms with Crippen molar-refractivity contribution in [3.63, 3.8) is 0 Å². The van der Waals surface area contributed by atoms with E-state index < -0.39 is 0 Å². The van der Waals surface area contributed by atoms with E-state index in [-0.39, 0.29) is 11.8 Å². The fourth-order valence-corrected chi connectivity index (χ4v) is 3.31. The Labute approximate surface area is 162 Å². The highest BCUT2D eigenvalue weighted by Gasteiger charge is 2.31. The van der Waals surface area contributed by atoms with Crippen LogP contribution in [0.15, 0.2) is 47.1 Å². The van der Waals surface area contributed by atoms with E-state index in [1.54, 1.807) is 49.7 Å². The van der Waals surface area contributed by atoms with Gasteiger partial charge in [0.25, 0.3) is 5.91 Å². The summed E-state index contributed by atoms with van der Waals surface area (Å²) in [6.07, 6.45) is 4.13. The SMILES string of the molecule is COc1ccc(C(=O)N2CCC(c3nnc(-c4ccncc4)o3)C2)cc1OC. The Morgan fingerprint density at radius 3 is 2.64 bits per heavy atom. The minimum atomic E-state index is -0.0580. The van der Waals surface area contributed by atoms with Gasteiger partial charge in [0.1, 0.15) is 0 Å². The van der Waals surface area contributed by atoms with Crippen LogP contribution in [0.3, 0.4) is 0 Å². The number of rotatable bonds is 5. The van der Waals surface area contributed by atoms with Crippen molar-refractivity contribution in [2.45, 2.75) is 12.3 Å². The lowest BCUT2D eigenvalue weighted by Crippen LogP contribution is -2.28. The molecule has 0 saturated carbocycles. The molecule has 1 fully saturated rings. The molecule has 0 aliphatic carbocycles. The predicted molar refractivity (Wildman–Crippen MR) is 100 cm³/mol. The van der Waals surface area contributed by atoms with Gasteiger partial charge in [0.2, 0.25) is 11.8 Å². The molecular formula is C20H20N4O4. The van der Waals surface area contributed by atoms with Crippen molar-refractivity contribution in [2.75, 3.05) is 27.3 Å². The first-order chi connectivity index (χ1) is 13.7. The van der Waals surface area contributed by atoms with Gasteiger partial charge in [0.15, 0.2) is 11.5 Å². The van der Waals surface area contributed by atoms with E-state index in [0.29, 0.717) is 41.9 Å². The number of nitrogens with zero attached hydrogens (tertiary/aromatic N) is 4. The van der Waals surface area contributed by atoms with Crippen LogP contribution < -0.4 is 9.47 Å².